The molecule has 0 amide bonds. The molecule has 0 fully saturated rings. The number of carboxylic acid groups (broad SMARTS) is 1. The van der Waals surface area contributed by atoms with E-state index in [1.807, 2.05) is 50.2 Å². The lowest BCUT2D eigenvalue weighted by Gasteiger charge is -2.15. The van der Waals surface area contributed by atoms with E-state index in [-0.39, 0.29) is 11.5 Å². The molecule has 1 N–H and O–H groups in total. The third-order valence-electron chi connectivity index (χ3n) is 5.56. The highest BCUT2D eigenvalue weighted by Crippen LogP contribution is 2.31. The van der Waals surface area contributed by atoms with Crippen molar-refractivity contribution in [1.82, 2.24) is 0 Å². The molecule has 0 aromatic heterocycles. The number of carboxylic acids is 1. The third-order valence-corrected chi connectivity index (χ3v) is 6.17. The number of aromatic carboxylic acids is 1. The minimum Gasteiger partial charge on any atom is -0.490 e. The Balaban J connectivity index is 1.79. The SMILES string of the molecule is C=CCOc1ccc(C(=O)O)c(-c2ccc(-c3ccc(OC(=O)[C@@H](Cl)[C@@H](C)CC)cc3)cc2)c1. The fourth-order valence-electron chi connectivity index (χ4n) is 3.36. The largest absolute Gasteiger partial charge is 0.490 e. The predicted octanol–water partition coefficient (Wildman–Crippen LogP) is 6.84. The second-order valence-corrected chi connectivity index (χ2v) is 8.39. The highest BCUT2D eigenvalue weighted by atomic mass is 35.5. The van der Waals surface area contributed by atoms with Gasteiger partial charge in [-0.3, -0.25) is 4.79 Å². The molecular formula is C28H27ClO5. The molecule has 3 aromatic rings. The summed E-state index contributed by atoms with van der Waals surface area (Å²) in [5.41, 5.74) is 3.39. The molecule has 3 aromatic carbocycles. The molecule has 6 heteroatoms. The van der Waals surface area contributed by atoms with E-state index >= 15 is 0 Å². The van der Waals surface area contributed by atoms with Crippen molar-refractivity contribution in [3.05, 3.63) is 84.9 Å². The second-order valence-electron chi connectivity index (χ2n) is 7.92. The Bertz CT molecular complexity index is 1150. The van der Waals surface area contributed by atoms with Crippen LogP contribution in [0.2, 0.25) is 0 Å². The number of carbonyl (C=O) groups excluding carboxylic acids is 1. The van der Waals surface area contributed by atoms with Crippen molar-refractivity contribution >= 4 is 23.5 Å². The minimum absolute atomic E-state index is 0.0304. The number of rotatable bonds is 10. The Kier molecular flexibility index (Phi) is 8.50. The topological polar surface area (TPSA) is 72.8 Å². The van der Waals surface area contributed by atoms with Gasteiger partial charge < -0.3 is 14.6 Å². The van der Waals surface area contributed by atoms with Crippen molar-refractivity contribution in [3.8, 4) is 33.8 Å². The first-order chi connectivity index (χ1) is 16.3. The van der Waals surface area contributed by atoms with Crippen LogP contribution in [0.5, 0.6) is 11.5 Å². The summed E-state index contributed by atoms with van der Waals surface area (Å²) in [6, 6.07) is 19.6. The summed E-state index contributed by atoms with van der Waals surface area (Å²) >= 11 is 6.17. The lowest BCUT2D eigenvalue weighted by molar-refractivity contribution is -0.134. The monoisotopic (exact) mass is 478 g/mol. The summed E-state index contributed by atoms with van der Waals surface area (Å²) in [6.45, 7) is 7.85. The normalized spacial score (nSPS) is 12.4. The number of benzene rings is 3. The van der Waals surface area contributed by atoms with Gasteiger partial charge in [0.25, 0.3) is 0 Å². The molecule has 0 radical (unpaired) electrons. The summed E-state index contributed by atoms with van der Waals surface area (Å²) in [6.07, 6.45) is 2.42. The van der Waals surface area contributed by atoms with Gasteiger partial charge in [0.1, 0.15) is 23.5 Å². The van der Waals surface area contributed by atoms with Crippen molar-refractivity contribution in [3.63, 3.8) is 0 Å². The molecule has 0 aliphatic rings. The zero-order valence-electron chi connectivity index (χ0n) is 19.2. The van der Waals surface area contributed by atoms with Gasteiger partial charge in [0.05, 0.1) is 5.56 Å². The number of esters is 1. The van der Waals surface area contributed by atoms with Crippen molar-refractivity contribution in [2.24, 2.45) is 5.92 Å². The molecule has 2 atom stereocenters. The molecular weight excluding hydrogens is 452 g/mol. The summed E-state index contributed by atoms with van der Waals surface area (Å²) in [4.78, 5) is 23.9. The van der Waals surface area contributed by atoms with E-state index in [4.69, 9.17) is 21.1 Å². The van der Waals surface area contributed by atoms with E-state index in [2.05, 4.69) is 6.58 Å². The van der Waals surface area contributed by atoms with Gasteiger partial charge in [0.2, 0.25) is 0 Å². The maximum Gasteiger partial charge on any atom is 0.336 e. The second kappa shape index (κ2) is 11.5. The predicted molar refractivity (Wildman–Crippen MR) is 135 cm³/mol. The number of carbonyl (C=O) groups is 2. The molecule has 34 heavy (non-hydrogen) atoms. The quantitative estimate of drug-likeness (QED) is 0.149. The number of alkyl halides is 1. The summed E-state index contributed by atoms with van der Waals surface area (Å²) in [5.74, 6) is -0.431. The first-order valence-electron chi connectivity index (χ1n) is 11.0. The highest BCUT2D eigenvalue weighted by molar-refractivity contribution is 6.30. The Hall–Kier alpha value is -3.57. The summed E-state index contributed by atoms with van der Waals surface area (Å²) in [5, 5.41) is 8.91. The third kappa shape index (κ3) is 6.06. The van der Waals surface area contributed by atoms with E-state index in [0.29, 0.717) is 23.7 Å². The summed E-state index contributed by atoms with van der Waals surface area (Å²) < 4.78 is 11.0. The zero-order valence-corrected chi connectivity index (χ0v) is 19.9. The molecule has 5 nitrogen and oxygen atoms in total. The first kappa shape index (κ1) is 25.1. The Labute approximate surface area is 204 Å². The molecule has 0 saturated carbocycles. The van der Waals surface area contributed by atoms with Crippen LogP contribution < -0.4 is 9.47 Å². The molecule has 0 saturated heterocycles. The fraction of sp³-hybridized carbons (Fsp3) is 0.214. The number of ether oxygens (including phenoxy) is 2. The van der Waals surface area contributed by atoms with Gasteiger partial charge in [-0.05, 0) is 58.5 Å². The Morgan fingerprint density at radius 3 is 2.09 bits per heavy atom. The Morgan fingerprint density at radius 2 is 1.53 bits per heavy atom. The van der Waals surface area contributed by atoms with Crippen LogP contribution in [0.4, 0.5) is 0 Å². The molecule has 0 bridgehead atoms. The molecule has 0 aliphatic heterocycles. The smallest absolute Gasteiger partial charge is 0.336 e. The van der Waals surface area contributed by atoms with Crippen LogP contribution >= 0.6 is 11.6 Å². The van der Waals surface area contributed by atoms with Gasteiger partial charge in [-0.25, -0.2) is 4.79 Å². The number of halogens is 1. The van der Waals surface area contributed by atoms with Gasteiger partial charge in [0, 0.05) is 0 Å². The lowest BCUT2D eigenvalue weighted by Crippen LogP contribution is -2.26. The van der Waals surface area contributed by atoms with E-state index in [9.17, 15) is 14.7 Å². The minimum atomic E-state index is -1.01. The maximum atomic E-state index is 12.2. The van der Waals surface area contributed by atoms with Crippen LogP contribution in [0.1, 0.15) is 30.6 Å². The molecule has 0 spiro atoms. The van der Waals surface area contributed by atoms with Crippen molar-refractivity contribution in [2.75, 3.05) is 6.61 Å². The van der Waals surface area contributed by atoms with Gasteiger partial charge in [0.15, 0.2) is 0 Å². The van der Waals surface area contributed by atoms with Crippen LogP contribution in [0, 0.1) is 5.92 Å². The maximum absolute atomic E-state index is 12.2. The van der Waals surface area contributed by atoms with Crippen LogP contribution in [-0.2, 0) is 4.79 Å². The zero-order chi connectivity index (χ0) is 24.7. The highest BCUT2D eigenvalue weighted by Gasteiger charge is 2.23. The first-order valence-corrected chi connectivity index (χ1v) is 11.4. The molecule has 0 unspecified atom stereocenters. The van der Waals surface area contributed by atoms with Crippen LogP contribution in [0.25, 0.3) is 22.3 Å². The van der Waals surface area contributed by atoms with Crippen molar-refractivity contribution in [2.45, 2.75) is 25.6 Å². The van der Waals surface area contributed by atoms with Gasteiger partial charge >= 0.3 is 11.9 Å². The molecule has 3 rings (SSSR count). The van der Waals surface area contributed by atoms with Crippen molar-refractivity contribution in [1.29, 1.82) is 0 Å². The number of hydrogen-bond acceptors (Lipinski definition) is 4. The van der Waals surface area contributed by atoms with E-state index in [1.54, 1.807) is 30.3 Å². The van der Waals surface area contributed by atoms with Crippen LogP contribution in [0.15, 0.2) is 79.4 Å². The van der Waals surface area contributed by atoms with Crippen LogP contribution in [0.3, 0.4) is 0 Å². The average Bonchev–Trinajstić information content (AvgIpc) is 2.86. The number of hydrogen-bond donors (Lipinski definition) is 1. The fourth-order valence-corrected chi connectivity index (χ4v) is 3.59. The standard InChI is InChI=1S/C28H27ClO5/c1-4-16-33-23-14-15-24(27(30)31)25(17-23)21-8-6-19(7-9-21)20-10-12-22(13-11-20)34-28(32)26(29)18(3)5-2/h4,6-15,17-18,26H,1,5,16H2,2-3H3,(H,30,31)/t18-,26-/m0/s1. The molecule has 176 valence electrons. The van der Waals surface area contributed by atoms with Gasteiger partial charge in [-0.15, -0.1) is 11.6 Å². The lowest BCUT2D eigenvalue weighted by atomic mass is 9.96. The Morgan fingerprint density at radius 1 is 0.971 bits per heavy atom. The van der Waals surface area contributed by atoms with Crippen molar-refractivity contribution < 1.29 is 24.2 Å². The summed E-state index contributed by atoms with van der Waals surface area (Å²) in [7, 11) is 0. The van der Waals surface area contributed by atoms with Gasteiger partial charge in [-0.1, -0.05) is 69.3 Å². The van der Waals surface area contributed by atoms with E-state index in [0.717, 1.165) is 23.1 Å². The average molecular weight is 479 g/mol. The molecule has 0 aliphatic carbocycles. The van der Waals surface area contributed by atoms with Crippen LogP contribution in [-0.4, -0.2) is 29.0 Å². The van der Waals surface area contributed by atoms with E-state index < -0.39 is 17.3 Å². The van der Waals surface area contributed by atoms with Gasteiger partial charge in [-0.2, -0.15) is 0 Å². The van der Waals surface area contributed by atoms with E-state index in [1.165, 1.54) is 6.07 Å². The molecule has 0 heterocycles.